The SMILES string of the molecule is CN(Cc1cccc(Cl)c1)C(=O)COC(=O)CN1C(=O)c2ccccc2C1=O. The van der Waals surface area contributed by atoms with Crippen LogP contribution in [0.1, 0.15) is 26.3 Å². The second-order valence-electron chi connectivity index (χ2n) is 6.28. The molecule has 8 heteroatoms. The molecule has 0 atom stereocenters. The summed E-state index contributed by atoms with van der Waals surface area (Å²) < 4.78 is 4.94. The summed E-state index contributed by atoms with van der Waals surface area (Å²) in [6.07, 6.45) is 0. The van der Waals surface area contributed by atoms with Crippen molar-refractivity contribution in [3.05, 3.63) is 70.2 Å². The second-order valence-corrected chi connectivity index (χ2v) is 6.72. The van der Waals surface area contributed by atoms with Gasteiger partial charge in [0.1, 0.15) is 6.54 Å². The normalized spacial score (nSPS) is 12.7. The number of fused-ring (bicyclic) bond motifs is 1. The standard InChI is InChI=1S/C20H17ClN2O5/c1-22(10-13-5-4-6-14(21)9-13)17(24)12-28-18(25)11-23-19(26)15-7-2-3-8-16(15)20(23)27/h2-9H,10-12H2,1H3. The summed E-state index contributed by atoms with van der Waals surface area (Å²) >= 11 is 5.92. The molecule has 2 aromatic rings. The highest BCUT2D eigenvalue weighted by molar-refractivity contribution is 6.30. The van der Waals surface area contributed by atoms with E-state index in [1.54, 1.807) is 37.4 Å². The van der Waals surface area contributed by atoms with E-state index in [0.29, 0.717) is 11.6 Å². The van der Waals surface area contributed by atoms with Gasteiger partial charge in [0.2, 0.25) is 0 Å². The fourth-order valence-electron chi connectivity index (χ4n) is 2.81. The number of hydrogen-bond acceptors (Lipinski definition) is 5. The molecule has 0 bridgehead atoms. The molecule has 3 amide bonds. The van der Waals surface area contributed by atoms with Crippen LogP contribution in [0.2, 0.25) is 5.02 Å². The molecule has 0 saturated carbocycles. The molecule has 0 unspecified atom stereocenters. The molecule has 1 heterocycles. The van der Waals surface area contributed by atoms with E-state index in [-0.39, 0.29) is 11.1 Å². The van der Waals surface area contributed by atoms with Gasteiger partial charge in [-0.15, -0.1) is 0 Å². The first-order valence-electron chi connectivity index (χ1n) is 8.46. The molecule has 1 aliphatic heterocycles. The number of ether oxygens (including phenoxy) is 1. The van der Waals surface area contributed by atoms with Crippen molar-refractivity contribution in [1.29, 1.82) is 0 Å². The summed E-state index contributed by atoms with van der Waals surface area (Å²) in [7, 11) is 1.57. The topological polar surface area (TPSA) is 84.0 Å². The summed E-state index contributed by atoms with van der Waals surface area (Å²) in [5.41, 5.74) is 1.33. The Morgan fingerprint density at radius 1 is 1.04 bits per heavy atom. The van der Waals surface area contributed by atoms with Crippen molar-refractivity contribution in [2.24, 2.45) is 0 Å². The van der Waals surface area contributed by atoms with Crippen LogP contribution in [0, 0.1) is 0 Å². The average Bonchev–Trinajstić information content (AvgIpc) is 2.91. The molecule has 0 radical (unpaired) electrons. The molecular weight excluding hydrogens is 384 g/mol. The van der Waals surface area contributed by atoms with E-state index in [4.69, 9.17) is 16.3 Å². The first kappa shape index (κ1) is 19.6. The first-order valence-corrected chi connectivity index (χ1v) is 8.84. The Hall–Kier alpha value is -3.19. The molecule has 144 valence electrons. The third-order valence-electron chi connectivity index (χ3n) is 4.26. The summed E-state index contributed by atoms with van der Waals surface area (Å²) in [5.74, 6) is -2.36. The summed E-state index contributed by atoms with van der Waals surface area (Å²) in [6, 6.07) is 13.4. The number of nitrogens with zero attached hydrogens (tertiary/aromatic N) is 2. The highest BCUT2D eigenvalue weighted by atomic mass is 35.5. The monoisotopic (exact) mass is 400 g/mol. The minimum Gasteiger partial charge on any atom is -0.454 e. The maximum absolute atomic E-state index is 12.2. The van der Waals surface area contributed by atoms with Crippen molar-refractivity contribution in [2.75, 3.05) is 20.2 Å². The highest BCUT2D eigenvalue weighted by Crippen LogP contribution is 2.22. The number of rotatable bonds is 6. The molecule has 0 aromatic heterocycles. The van der Waals surface area contributed by atoms with Crippen LogP contribution in [0.4, 0.5) is 0 Å². The second kappa shape index (κ2) is 8.22. The fourth-order valence-corrected chi connectivity index (χ4v) is 3.02. The molecular formula is C20H17ClN2O5. The lowest BCUT2D eigenvalue weighted by Gasteiger charge is -2.18. The van der Waals surface area contributed by atoms with E-state index < -0.39 is 36.8 Å². The van der Waals surface area contributed by atoms with E-state index in [1.807, 2.05) is 6.07 Å². The van der Waals surface area contributed by atoms with Crippen molar-refractivity contribution in [3.8, 4) is 0 Å². The summed E-state index contributed by atoms with van der Waals surface area (Å²) in [5, 5.41) is 0.561. The van der Waals surface area contributed by atoms with Gasteiger partial charge in [-0.2, -0.15) is 0 Å². The van der Waals surface area contributed by atoms with Gasteiger partial charge in [-0.3, -0.25) is 24.1 Å². The zero-order chi connectivity index (χ0) is 20.3. The average molecular weight is 401 g/mol. The van der Waals surface area contributed by atoms with Crippen LogP contribution in [0.15, 0.2) is 48.5 Å². The summed E-state index contributed by atoms with van der Waals surface area (Å²) in [6.45, 7) is -0.730. The van der Waals surface area contributed by atoms with Gasteiger partial charge in [-0.25, -0.2) is 0 Å². The molecule has 0 N–H and O–H groups in total. The minimum absolute atomic E-state index is 0.248. The Bertz CT molecular complexity index is 924. The Kier molecular flexibility index (Phi) is 5.75. The number of halogens is 1. The van der Waals surface area contributed by atoms with Gasteiger partial charge in [-0.1, -0.05) is 35.9 Å². The van der Waals surface area contributed by atoms with E-state index in [9.17, 15) is 19.2 Å². The molecule has 3 rings (SSSR count). The van der Waals surface area contributed by atoms with Crippen LogP contribution < -0.4 is 0 Å². The van der Waals surface area contributed by atoms with Crippen molar-refractivity contribution in [2.45, 2.75) is 6.54 Å². The molecule has 0 aliphatic carbocycles. The van der Waals surface area contributed by atoms with Gasteiger partial charge in [-0.05, 0) is 29.8 Å². The Morgan fingerprint density at radius 2 is 1.68 bits per heavy atom. The van der Waals surface area contributed by atoms with Gasteiger partial charge in [0, 0.05) is 18.6 Å². The van der Waals surface area contributed by atoms with Gasteiger partial charge in [0.05, 0.1) is 11.1 Å². The number of hydrogen-bond donors (Lipinski definition) is 0. The maximum Gasteiger partial charge on any atom is 0.326 e. The van der Waals surface area contributed by atoms with Crippen LogP contribution in [0.3, 0.4) is 0 Å². The summed E-state index contributed by atoms with van der Waals surface area (Å²) in [4.78, 5) is 50.8. The zero-order valence-electron chi connectivity index (χ0n) is 15.1. The fraction of sp³-hybridized carbons (Fsp3) is 0.200. The number of amides is 3. The highest BCUT2D eigenvalue weighted by Gasteiger charge is 2.36. The van der Waals surface area contributed by atoms with Gasteiger partial charge >= 0.3 is 5.97 Å². The quantitative estimate of drug-likeness (QED) is 0.548. The van der Waals surface area contributed by atoms with E-state index in [2.05, 4.69) is 0 Å². The lowest BCUT2D eigenvalue weighted by molar-refractivity contribution is -0.151. The van der Waals surface area contributed by atoms with Crippen LogP contribution in [0.25, 0.3) is 0 Å². The number of carbonyl (C=O) groups is 4. The van der Waals surface area contributed by atoms with E-state index in [0.717, 1.165) is 10.5 Å². The lowest BCUT2D eigenvalue weighted by Crippen LogP contribution is -2.37. The number of carbonyl (C=O) groups excluding carboxylic acids is 4. The van der Waals surface area contributed by atoms with Crippen LogP contribution >= 0.6 is 11.6 Å². The molecule has 2 aromatic carbocycles. The Balaban J connectivity index is 1.51. The van der Waals surface area contributed by atoms with Gasteiger partial charge in [0.25, 0.3) is 17.7 Å². The van der Waals surface area contributed by atoms with E-state index >= 15 is 0 Å². The molecule has 0 spiro atoms. The molecule has 28 heavy (non-hydrogen) atoms. The Morgan fingerprint density at radius 3 is 2.29 bits per heavy atom. The third-order valence-corrected chi connectivity index (χ3v) is 4.49. The van der Waals surface area contributed by atoms with Crippen molar-refractivity contribution in [3.63, 3.8) is 0 Å². The largest absolute Gasteiger partial charge is 0.454 e. The van der Waals surface area contributed by atoms with Crippen LogP contribution in [0.5, 0.6) is 0 Å². The number of likely N-dealkylation sites (N-methyl/N-ethyl adjacent to an activating group) is 1. The molecule has 0 saturated heterocycles. The molecule has 1 aliphatic rings. The van der Waals surface area contributed by atoms with Crippen LogP contribution in [-0.4, -0.2) is 53.7 Å². The van der Waals surface area contributed by atoms with Crippen LogP contribution in [-0.2, 0) is 20.9 Å². The maximum atomic E-state index is 12.2. The Labute approximate surface area is 166 Å². The third kappa shape index (κ3) is 4.20. The molecule has 7 nitrogen and oxygen atoms in total. The molecule has 0 fully saturated rings. The van der Waals surface area contributed by atoms with Gasteiger partial charge < -0.3 is 9.64 Å². The number of imide groups is 1. The first-order chi connectivity index (χ1) is 13.4. The van der Waals surface area contributed by atoms with E-state index in [1.165, 1.54) is 17.0 Å². The number of esters is 1. The zero-order valence-corrected chi connectivity index (χ0v) is 15.8. The predicted molar refractivity (Wildman–Crippen MR) is 101 cm³/mol. The van der Waals surface area contributed by atoms with Crippen molar-refractivity contribution >= 4 is 35.3 Å². The number of benzene rings is 2. The van der Waals surface area contributed by atoms with Crippen molar-refractivity contribution < 1.29 is 23.9 Å². The predicted octanol–water partition coefficient (Wildman–Crippen LogP) is 2.14. The lowest BCUT2D eigenvalue weighted by atomic mass is 10.1. The van der Waals surface area contributed by atoms with Gasteiger partial charge in [0.15, 0.2) is 6.61 Å². The minimum atomic E-state index is -0.834. The smallest absolute Gasteiger partial charge is 0.326 e. The van der Waals surface area contributed by atoms with Crippen molar-refractivity contribution in [1.82, 2.24) is 9.80 Å².